The van der Waals surface area contributed by atoms with Crippen LogP contribution in [0.2, 0.25) is 0 Å². The van der Waals surface area contributed by atoms with Crippen molar-refractivity contribution in [3.63, 3.8) is 0 Å². The van der Waals surface area contributed by atoms with Crippen molar-refractivity contribution in [2.24, 2.45) is 5.92 Å². The van der Waals surface area contributed by atoms with E-state index in [0.29, 0.717) is 16.3 Å². The zero-order valence-electron chi connectivity index (χ0n) is 9.95. The molecule has 92 valence electrons. The van der Waals surface area contributed by atoms with Crippen molar-refractivity contribution in [2.45, 2.75) is 38.6 Å². The number of nitrogens with zero attached hydrogens (tertiary/aromatic N) is 1. The summed E-state index contributed by atoms with van der Waals surface area (Å²) < 4.78 is 0.697. The van der Waals surface area contributed by atoms with Crippen LogP contribution in [0.25, 0.3) is 0 Å². The van der Waals surface area contributed by atoms with Crippen LogP contribution in [0.15, 0.2) is 22.8 Å². The van der Waals surface area contributed by atoms with E-state index < -0.39 is 0 Å². The van der Waals surface area contributed by atoms with Crippen molar-refractivity contribution in [1.29, 1.82) is 0 Å². The molecule has 17 heavy (non-hydrogen) atoms. The maximum absolute atomic E-state index is 12.0. The van der Waals surface area contributed by atoms with Gasteiger partial charge in [0, 0.05) is 6.04 Å². The van der Waals surface area contributed by atoms with E-state index in [9.17, 15) is 4.79 Å². The van der Waals surface area contributed by atoms with Gasteiger partial charge in [-0.3, -0.25) is 4.79 Å². The van der Waals surface area contributed by atoms with Gasteiger partial charge in [-0.25, -0.2) is 4.98 Å². The number of halogens is 1. The highest BCUT2D eigenvalue weighted by Gasteiger charge is 2.20. The second-order valence-electron chi connectivity index (χ2n) is 4.78. The lowest BCUT2D eigenvalue weighted by Crippen LogP contribution is -2.37. The Morgan fingerprint density at radius 3 is 2.71 bits per heavy atom. The lowest BCUT2D eigenvalue weighted by molar-refractivity contribution is 0.0917. The van der Waals surface area contributed by atoms with Gasteiger partial charge >= 0.3 is 0 Å². The summed E-state index contributed by atoms with van der Waals surface area (Å²) in [5, 5.41) is 3.06. The van der Waals surface area contributed by atoms with Crippen LogP contribution in [0.1, 0.15) is 43.1 Å². The average Bonchev–Trinajstić information content (AvgIpc) is 2.32. The highest BCUT2D eigenvalue weighted by molar-refractivity contribution is 9.10. The molecule has 1 amide bonds. The van der Waals surface area contributed by atoms with E-state index in [1.165, 1.54) is 12.8 Å². The summed E-state index contributed by atoms with van der Waals surface area (Å²) in [4.78, 5) is 16.1. The fourth-order valence-electron chi connectivity index (χ4n) is 2.20. The molecule has 0 atom stereocenters. The Hall–Kier alpha value is -0.900. The van der Waals surface area contributed by atoms with Gasteiger partial charge in [-0.2, -0.15) is 0 Å². The summed E-state index contributed by atoms with van der Waals surface area (Å²) in [7, 11) is 0. The third-order valence-electron chi connectivity index (χ3n) is 3.30. The number of hydrogen-bond acceptors (Lipinski definition) is 2. The highest BCUT2D eigenvalue weighted by atomic mass is 79.9. The van der Waals surface area contributed by atoms with E-state index in [1.54, 1.807) is 6.07 Å². The first-order valence-corrected chi connectivity index (χ1v) is 6.88. The van der Waals surface area contributed by atoms with Crippen LogP contribution in [-0.4, -0.2) is 16.9 Å². The van der Waals surface area contributed by atoms with Crippen molar-refractivity contribution in [3.8, 4) is 0 Å². The van der Waals surface area contributed by atoms with Crippen LogP contribution in [0, 0.1) is 5.92 Å². The van der Waals surface area contributed by atoms with Crippen molar-refractivity contribution in [2.75, 3.05) is 0 Å². The van der Waals surface area contributed by atoms with Crippen molar-refractivity contribution in [3.05, 3.63) is 28.5 Å². The summed E-state index contributed by atoms with van der Waals surface area (Å²) in [5.41, 5.74) is 0.484. The van der Waals surface area contributed by atoms with E-state index in [1.807, 2.05) is 12.1 Å². The Labute approximate surface area is 110 Å². The number of nitrogens with one attached hydrogen (secondary N) is 1. The summed E-state index contributed by atoms with van der Waals surface area (Å²) in [6.45, 7) is 2.27. The number of amides is 1. The number of carbonyl (C=O) groups excluding carboxylic acids is 1. The Bertz CT molecular complexity index is 400. The molecule has 1 fully saturated rings. The SMILES string of the molecule is CC1CCC(NC(=O)c2cccc(Br)n2)CC1. The molecule has 1 N–H and O–H groups in total. The van der Waals surface area contributed by atoms with Gasteiger partial charge in [0.05, 0.1) is 0 Å². The molecule has 1 aromatic heterocycles. The lowest BCUT2D eigenvalue weighted by atomic mass is 9.87. The normalized spacial score (nSPS) is 24.4. The summed E-state index contributed by atoms with van der Waals surface area (Å²) in [6, 6.07) is 5.71. The van der Waals surface area contributed by atoms with Crippen LogP contribution in [0.5, 0.6) is 0 Å². The van der Waals surface area contributed by atoms with Gasteiger partial charge in [0.2, 0.25) is 0 Å². The average molecular weight is 297 g/mol. The first-order valence-electron chi connectivity index (χ1n) is 6.08. The maximum atomic E-state index is 12.0. The summed E-state index contributed by atoms with van der Waals surface area (Å²) in [6.07, 6.45) is 4.58. The molecule has 1 saturated carbocycles. The van der Waals surface area contributed by atoms with Crippen LogP contribution in [0.4, 0.5) is 0 Å². The topological polar surface area (TPSA) is 42.0 Å². The number of aromatic nitrogens is 1. The molecule has 1 aromatic rings. The standard InChI is InChI=1S/C13H17BrN2O/c1-9-5-7-10(8-6-9)15-13(17)11-3-2-4-12(14)16-11/h2-4,9-10H,5-8H2,1H3,(H,15,17). The molecule has 3 nitrogen and oxygen atoms in total. The zero-order valence-corrected chi connectivity index (χ0v) is 11.5. The van der Waals surface area contributed by atoms with Crippen LogP contribution in [-0.2, 0) is 0 Å². The second kappa shape index (κ2) is 5.63. The van der Waals surface area contributed by atoms with E-state index in [4.69, 9.17) is 0 Å². The number of carbonyl (C=O) groups is 1. The second-order valence-corrected chi connectivity index (χ2v) is 5.59. The minimum atomic E-state index is -0.0640. The third kappa shape index (κ3) is 3.53. The number of pyridine rings is 1. The smallest absolute Gasteiger partial charge is 0.270 e. The highest BCUT2D eigenvalue weighted by Crippen LogP contribution is 2.23. The van der Waals surface area contributed by atoms with E-state index in [0.717, 1.165) is 18.8 Å². The van der Waals surface area contributed by atoms with Gasteiger partial charge in [-0.05, 0) is 59.7 Å². The molecular weight excluding hydrogens is 280 g/mol. The van der Waals surface area contributed by atoms with E-state index in [2.05, 4.69) is 33.2 Å². The van der Waals surface area contributed by atoms with Crippen LogP contribution in [0.3, 0.4) is 0 Å². The molecule has 1 aliphatic rings. The van der Waals surface area contributed by atoms with Crippen molar-refractivity contribution >= 4 is 21.8 Å². The minimum absolute atomic E-state index is 0.0640. The van der Waals surface area contributed by atoms with Crippen LogP contribution < -0.4 is 5.32 Å². The zero-order chi connectivity index (χ0) is 12.3. The fraction of sp³-hybridized carbons (Fsp3) is 0.538. The molecule has 0 aliphatic heterocycles. The largest absolute Gasteiger partial charge is 0.348 e. The molecule has 0 bridgehead atoms. The molecule has 1 aliphatic carbocycles. The van der Waals surface area contributed by atoms with Gasteiger partial charge in [0.1, 0.15) is 10.3 Å². The monoisotopic (exact) mass is 296 g/mol. The Kier molecular flexibility index (Phi) is 4.15. The van der Waals surface area contributed by atoms with Gasteiger partial charge < -0.3 is 5.32 Å². The Morgan fingerprint density at radius 2 is 2.06 bits per heavy atom. The Balaban J connectivity index is 1.93. The van der Waals surface area contributed by atoms with Crippen molar-refractivity contribution in [1.82, 2.24) is 10.3 Å². The summed E-state index contributed by atoms with van der Waals surface area (Å²) >= 11 is 3.27. The Morgan fingerprint density at radius 1 is 1.35 bits per heavy atom. The van der Waals surface area contributed by atoms with Gasteiger partial charge in [0.25, 0.3) is 5.91 Å². The van der Waals surface area contributed by atoms with Crippen LogP contribution >= 0.6 is 15.9 Å². The van der Waals surface area contributed by atoms with E-state index >= 15 is 0 Å². The third-order valence-corrected chi connectivity index (χ3v) is 3.74. The quantitative estimate of drug-likeness (QED) is 0.852. The predicted octanol–water partition coefficient (Wildman–Crippen LogP) is 3.15. The molecule has 0 spiro atoms. The molecule has 1 heterocycles. The molecule has 2 rings (SSSR count). The maximum Gasteiger partial charge on any atom is 0.270 e. The first kappa shape index (κ1) is 12.6. The molecule has 4 heteroatoms. The summed E-state index contributed by atoms with van der Waals surface area (Å²) in [5.74, 6) is 0.734. The molecule has 0 aromatic carbocycles. The minimum Gasteiger partial charge on any atom is -0.348 e. The van der Waals surface area contributed by atoms with Gasteiger partial charge in [-0.1, -0.05) is 13.0 Å². The van der Waals surface area contributed by atoms with Gasteiger partial charge in [-0.15, -0.1) is 0 Å². The van der Waals surface area contributed by atoms with Gasteiger partial charge in [0.15, 0.2) is 0 Å². The predicted molar refractivity (Wildman–Crippen MR) is 70.8 cm³/mol. The first-order chi connectivity index (χ1) is 8.15. The van der Waals surface area contributed by atoms with Crippen molar-refractivity contribution < 1.29 is 4.79 Å². The number of rotatable bonds is 2. The molecular formula is C13H17BrN2O. The van der Waals surface area contributed by atoms with E-state index in [-0.39, 0.29) is 5.91 Å². The number of hydrogen-bond donors (Lipinski definition) is 1. The lowest BCUT2D eigenvalue weighted by Gasteiger charge is -2.26. The molecule has 0 radical (unpaired) electrons. The molecule has 0 saturated heterocycles. The fourth-order valence-corrected chi connectivity index (χ4v) is 2.54. The molecule has 0 unspecified atom stereocenters.